The molecule has 0 aliphatic heterocycles. The smallest absolute Gasteiger partial charge is 0.261 e. The van der Waals surface area contributed by atoms with Gasteiger partial charge in [-0.2, -0.15) is 0 Å². The molecule has 0 spiro atoms. The van der Waals surface area contributed by atoms with E-state index in [0.717, 1.165) is 12.1 Å². The van der Waals surface area contributed by atoms with Crippen LogP contribution in [0.4, 0.5) is 14.5 Å². The predicted molar refractivity (Wildman–Crippen MR) is 78.9 cm³/mol. The van der Waals surface area contributed by atoms with Gasteiger partial charge in [-0.3, -0.25) is 4.79 Å². The molecule has 7 heteroatoms. The van der Waals surface area contributed by atoms with Gasteiger partial charge in [-0.25, -0.2) is 8.78 Å². The first-order chi connectivity index (χ1) is 10.5. The molecule has 0 atom stereocenters. The maximum absolute atomic E-state index is 13.6. The minimum Gasteiger partial charge on any atom is -0.493 e. The van der Waals surface area contributed by atoms with E-state index in [1.54, 1.807) is 0 Å². The van der Waals surface area contributed by atoms with Crippen LogP contribution in [0.3, 0.4) is 0 Å². The van der Waals surface area contributed by atoms with Crippen LogP contribution in [0.2, 0.25) is 5.02 Å². The van der Waals surface area contributed by atoms with Crippen LogP contribution in [0.15, 0.2) is 30.3 Å². The van der Waals surface area contributed by atoms with E-state index in [4.69, 9.17) is 21.1 Å². The fourth-order valence-electron chi connectivity index (χ4n) is 1.85. The fraction of sp³-hybridized carbons (Fsp3) is 0.133. The monoisotopic (exact) mass is 327 g/mol. The highest BCUT2D eigenvalue weighted by Crippen LogP contribution is 2.36. The average Bonchev–Trinajstić information content (AvgIpc) is 2.48. The number of halogens is 3. The Morgan fingerprint density at radius 1 is 1.09 bits per heavy atom. The number of ether oxygens (including phenoxy) is 2. The molecule has 0 aromatic heterocycles. The number of anilines is 1. The van der Waals surface area contributed by atoms with Crippen molar-refractivity contribution in [1.82, 2.24) is 0 Å². The molecule has 0 fully saturated rings. The van der Waals surface area contributed by atoms with E-state index in [1.807, 2.05) is 0 Å². The number of carbonyl (C=O) groups excluding carboxylic acids is 1. The van der Waals surface area contributed by atoms with Gasteiger partial charge in [0.05, 0.1) is 24.9 Å². The largest absolute Gasteiger partial charge is 0.493 e. The lowest BCUT2D eigenvalue weighted by Crippen LogP contribution is -2.16. The average molecular weight is 328 g/mol. The summed E-state index contributed by atoms with van der Waals surface area (Å²) in [7, 11) is 2.84. The number of benzene rings is 2. The highest BCUT2D eigenvalue weighted by atomic mass is 35.5. The van der Waals surface area contributed by atoms with Crippen molar-refractivity contribution in [3.63, 3.8) is 0 Å². The lowest BCUT2D eigenvalue weighted by molar-refractivity contribution is 0.101. The molecule has 0 saturated heterocycles. The molecule has 116 valence electrons. The van der Waals surface area contributed by atoms with Crippen molar-refractivity contribution in [2.24, 2.45) is 0 Å². The van der Waals surface area contributed by atoms with Crippen LogP contribution < -0.4 is 14.8 Å². The maximum atomic E-state index is 13.6. The quantitative estimate of drug-likeness (QED) is 0.926. The molecule has 0 aliphatic rings. The molecule has 2 aromatic rings. The molecule has 22 heavy (non-hydrogen) atoms. The molecular weight excluding hydrogens is 316 g/mol. The summed E-state index contributed by atoms with van der Waals surface area (Å²) in [5, 5.41) is 2.49. The third-order valence-corrected chi connectivity index (χ3v) is 3.22. The van der Waals surface area contributed by atoms with Gasteiger partial charge in [0.1, 0.15) is 17.2 Å². The van der Waals surface area contributed by atoms with Gasteiger partial charge in [-0.05, 0) is 12.1 Å². The van der Waals surface area contributed by atoms with E-state index >= 15 is 0 Å². The topological polar surface area (TPSA) is 47.6 Å². The number of nitrogens with one attached hydrogen (secondary N) is 1. The molecule has 0 saturated carbocycles. The van der Waals surface area contributed by atoms with Gasteiger partial charge in [-0.15, -0.1) is 0 Å². The first-order valence-electron chi connectivity index (χ1n) is 6.14. The Morgan fingerprint density at radius 2 is 1.64 bits per heavy atom. The van der Waals surface area contributed by atoms with Crippen LogP contribution in [0.25, 0.3) is 0 Å². The SMILES string of the molecule is COc1cc(Cl)c(NC(=O)c2c(F)cccc2F)cc1OC. The third kappa shape index (κ3) is 3.12. The van der Waals surface area contributed by atoms with Gasteiger partial charge in [0, 0.05) is 12.1 Å². The van der Waals surface area contributed by atoms with Crippen LogP contribution in [0.1, 0.15) is 10.4 Å². The van der Waals surface area contributed by atoms with E-state index in [9.17, 15) is 13.6 Å². The van der Waals surface area contributed by atoms with Crippen LogP contribution in [0.5, 0.6) is 11.5 Å². The van der Waals surface area contributed by atoms with Gasteiger partial charge in [0.2, 0.25) is 0 Å². The van der Waals surface area contributed by atoms with Crippen molar-refractivity contribution in [3.8, 4) is 11.5 Å². The van der Waals surface area contributed by atoms with Gasteiger partial charge in [-0.1, -0.05) is 17.7 Å². The summed E-state index contributed by atoms with van der Waals surface area (Å²) in [5.41, 5.74) is -0.541. The molecular formula is C15H12ClF2NO3. The minimum absolute atomic E-state index is 0.141. The summed E-state index contributed by atoms with van der Waals surface area (Å²) < 4.78 is 37.3. The van der Waals surface area contributed by atoms with Crippen LogP contribution in [-0.4, -0.2) is 20.1 Å². The number of carbonyl (C=O) groups is 1. The van der Waals surface area contributed by atoms with Crippen molar-refractivity contribution in [2.75, 3.05) is 19.5 Å². The predicted octanol–water partition coefficient (Wildman–Crippen LogP) is 3.89. The van der Waals surface area contributed by atoms with Crippen molar-refractivity contribution < 1.29 is 23.0 Å². The lowest BCUT2D eigenvalue weighted by atomic mass is 10.1. The Kier molecular flexibility index (Phi) is 4.82. The summed E-state index contributed by atoms with van der Waals surface area (Å²) in [5.74, 6) is -2.20. The Labute approximate surface area is 130 Å². The van der Waals surface area contributed by atoms with Crippen LogP contribution in [0, 0.1) is 11.6 Å². The lowest BCUT2D eigenvalue weighted by Gasteiger charge is -2.13. The second kappa shape index (κ2) is 6.62. The van der Waals surface area contributed by atoms with E-state index < -0.39 is 23.1 Å². The van der Waals surface area contributed by atoms with Crippen molar-refractivity contribution >= 4 is 23.2 Å². The van der Waals surface area contributed by atoms with Crippen molar-refractivity contribution in [1.29, 1.82) is 0 Å². The Balaban J connectivity index is 2.36. The Bertz CT molecular complexity index is 702. The summed E-state index contributed by atoms with van der Waals surface area (Å²) in [6, 6.07) is 5.98. The van der Waals surface area contributed by atoms with Gasteiger partial charge >= 0.3 is 0 Å². The Hall–Kier alpha value is -2.34. The molecule has 4 nitrogen and oxygen atoms in total. The number of rotatable bonds is 4. The van der Waals surface area contributed by atoms with E-state index in [-0.39, 0.29) is 10.7 Å². The number of amides is 1. The Morgan fingerprint density at radius 3 is 2.18 bits per heavy atom. The zero-order valence-corrected chi connectivity index (χ0v) is 12.5. The summed E-state index contributed by atoms with van der Waals surface area (Å²) in [6.07, 6.45) is 0. The molecule has 1 N–H and O–H groups in total. The van der Waals surface area contributed by atoms with Crippen molar-refractivity contribution in [3.05, 3.63) is 52.6 Å². The highest BCUT2D eigenvalue weighted by molar-refractivity contribution is 6.34. The second-order valence-corrected chi connectivity index (χ2v) is 4.65. The maximum Gasteiger partial charge on any atom is 0.261 e. The molecule has 0 unspecified atom stereocenters. The van der Waals surface area contributed by atoms with Gasteiger partial charge < -0.3 is 14.8 Å². The summed E-state index contributed by atoms with van der Waals surface area (Å²) in [6.45, 7) is 0. The standard InChI is InChI=1S/C15H12ClF2NO3/c1-21-12-6-8(16)11(7-13(12)22-2)19-15(20)14-9(17)4-3-5-10(14)18/h3-7H,1-2H3,(H,19,20). The molecule has 2 aromatic carbocycles. The summed E-state index contributed by atoms with van der Waals surface area (Å²) in [4.78, 5) is 12.0. The van der Waals surface area contributed by atoms with Crippen LogP contribution in [-0.2, 0) is 0 Å². The number of hydrogen-bond donors (Lipinski definition) is 1. The zero-order valence-electron chi connectivity index (χ0n) is 11.7. The molecule has 2 rings (SSSR count). The molecule has 0 radical (unpaired) electrons. The first-order valence-corrected chi connectivity index (χ1v) is 6.52. The molecule has 0 bridgehead atoms. The highest BCUT2D eigenvalue weighted by Gasteiger charge is 2.19. The van der Waals surface area contributed by atoms with Crippen molar-refractivity contribution in [2.45, 2.75) is 0 Å². The minimum atomic E-state index is -0.964. The molecule has 0 aliphatic carbocycles. The van der Waals surface area contributed by atoms with E-state index in [0.29, 0.717) is 11.5 Å². The summed E-state index contributed by atoms with van der Waals surface area (Å²) >= 11 is 6.01. The van der Waals surface area contributed by atoms with E-state index in [2.05, 4.69) is 5.32 Å². The second-order valence-electron chi connectivity index (χ2n) is 4.24. The molecule has 1 amide bonds. The fourth-order valence-corrected chi connectivity index (χ4v) is 2.05. The third-order valence-electron chi connectivity index (χ3n) is 2.91. The van der Waals surface area contributed by atoms with Gasteiger partial charge in [0.15, 0.2) is 11.5 Å². The van der Waals surface area contributed by atoms with Crippen LogP contribution >= 0.6 is 11.6 Å². The van der Waals surface area contributed by atoms with Gasteiger partial charge in [0.25, 0.3) is 5.91 Å². The molecule has 0 heterocycles. The number of hydrogen-bond acceptors (Lipinski definition) is 3. The number of methoxy groups -OCH3 is 2. The normalized spacial score (nSPS) is 10.2. The van der Waals surface area contributed by atoms with E-state index in [1.165, 1.54) is 32.4 Å². The first kappa shape index (κ1) is 16.0. The zero-order chi connectivity index (χ0) is 16.3.